The van der Waals surface area contributed by atoms with E-state index in [0.717, 1.165) is 11.7 Å². The van der Waals surface area contributed by atoms with Crippen molar-refractivity contribution in [3.8, 4) is 0 Å². The van der Waals surface area contributed by atoms with E-state index in [0.29, 0.717) is 11.3 Å². The normalized spacial score (nSPS) is 36.0. The number of aromatic nitrogens is 2. The second kappa shape index (κ2) is 3.04. The fourth-order valence-corrected chi connectivity index (χ4v) is 3.13. The van der Waals surface area contributed by atoms with Crippen molar-refractivity contribution in [2.45, 2.75) is 32.1 Å². The quantitative estimate of drug-likeness (QED) is 0.701. The molecule has 0 bridgehead atoms. The first-order chi connectivity index (χ1) is 7.17. The molecule has 82 valence electrons. The number of likely N-dealkylation sites (tertiary alicyclic amines) is 1. The molecule has 0 aromatic carbocycles. The molecule has 2 fully saturated rings. The van der Waals surface area contributed by atoms with E-state index in [4.69, 9.17) is 4.52 Å². The van der Waals surface area contributed by atoms with E-state index in [9.17, 15) is 0 Å². The number of nitrogens with zero attached hydrogens (tertiary/aromatic N) is 3. The Morgan fingerprint density at radius 1 is 1.47 bits per heavy atom. The van der Waals surface area contributed by atoms with Crippen molar-refractivity contribution in [2.75, 3.05) is 20.1 Å². The smallest absolute Gasteiger partial charge is 0.229 e. The van der Waals surface area contributed by atoms with Crippen LogP contribution >= 0.6 is 0 Å². The van der Waals surface area contributed by atoms with Gasteiger partial charge in [0.05, 0.1) is 0 Å². The minimum absolute atomic E-state index is 0.526. The van der Waals surface area contributed by atoms with E-state index < -0.39 is 0 Å². The van der Waals surface area contributed by atoms with Crippen LogP contribution in [0.3, 0.4) is 0 Å². The third-order valence-corrected chi connectivity index (χ3v) is 3.88. The van der Waals surface area contributed by atoms with Gasteiger partial charge in [0.1, 0.15) is 0 Å². The topological polar surface area (TPSA) is 42.2 Å². The molecule has 0 amide bonds. The van der Waals surface area contributed by atoms with Gasteiger partial charge < -0.3 is 9.42 Å². The Bertz CT molecular complexity index is 368. The van der Waals surface area contributed by atoms with Crippen LogP contribution in [-0.4, -0.2) is 35.2 Å². The summed E-state index contributed by atoms with van der Waals surface area (Å²) in [7, 11) is 2.21. The Hall–Kier alpha value is -0.900. The second-order valence-corrected chi connectivity index (χ2v) is 5.27. The van der Waals surface area contributed by atoms with Gasteiger partial charge in [-0.1, -0.05) is 5.16 Å². The number of hydrogen-bond acceptors (Lipinski definition) is 4. The fourth-order valence-electron chi connectivity index (χ4n) is 3.13. The molecule has 1 aromatic heterocycles. The van der Waals surface area contributed by atoms with Gasteiger partial charge >= 0.3 is 0 Å². The van der Waals surface area contributed by atoms with Crippen LogP contribution < -0.4 is 0 Å². The highest BCUT2D eigenvalue weighted by Gasteiger charge is 2.49. The summed E-state index contributed by atoms with van der Waals surface area (Å²) in [4.78, 5) is 6.74. The highest BCUT2D eigenvalue weighted by Crippen LogP contribution is 2.55. The summed E-state index contributed by atoms with van der Waals surface area (Å²) in [6.07, 6.45) is 3.81. The van der Waals surface area contributed by atoms with Crippen LogP contribution in [0.5, 0.6) is 0 Å². The lowest BCUT2D eigenvalue weighted by molar-refractivity contribution is 0.0927. The van der Waals surface area contributed by atoms with Crippen molar-refractivity contribution in [3.63, 3.8) is 0 Å². The highest BCUT2D eigenvalue weighted by molar-refractivity contribution is 5.09. The number of rotatable bonds is 1. The van der Waals surface area contributed by atoms with Crippen LogP contribution in [-0.2, 0) is 0 Å². The summed E-state index contributed by atoms with van der Waals surface area (Å²) in [5.74, 6) is 2.14. The van der Waals surface area contributed by atoms with Crippen molar-refractivity contribution in [2.24, 2.45) is 5.41 Å². The largest absolute Gasteiger partial charge is 0.339 e. The molecule has 1 saturated heterocycles. The monoisotopic (exact) mass is 207 g/mol. The Balaban J connectivity index is 1.66. The maximum atomic E-state index is 5.22. The van der Waals surface area contributed by atoms with Crippen molar-refractivity contribution < 1.29 is 4.52 Å². The van der Waals surface area contributed by atoms with E-state index in [1.165, 1.54) is 32.4 Å². The summed E-state index contributed by atoms with van der Waals surface area (Å²) in [5.41, 5.74) is 0.571. The summed E-state index contributed by atoms with van der Waals surface area (Å²) < 4.78 is 5.22. The average Bonchev–Trinajstić information content (AvgIpc) is 2.69. The Morgan fingerprint density at radius 2 is 2.27 bits per heavy atom. The lowest BCUT2D eigenvalue weighted by Gasteiger charge is -2.43. The van der Waals surface area contributed by atoms with Crippen molar-refractivity contribution >= 4 is 0 Å². The van der Waals surface area contributed by atoms with Crippen LogP contribution in [0.2, 0.25) is 0 Å². The molecule has 15 heavy (non-hydrogen) atoms. The van der Waals surface area contributed by atoms with Gasteiger partial charge in [-0.2, -0.15) is 4.98 Å². The van der Waals surface area contributed by atoms with Crippen LogP contribution in [0, 0.1) is 12.3 Å². The summed E-state index contributed by atoms with van der Waals surface area (Å²) in [6.45, 7) is 4.37. The first-order valence-electron chi connectivity index (χ1n) is 5.66. The molecule has 1 aliphatic heterocycles. The molecule has 1 spiro atoms. The van der Waals surface area contributed by atoms with Gasteiger partial charge in [0.15, 0.2) is 5.82 Å². The molecule has 4 nitrogen and oxygen atoms in total. The Kier molecular flexibility index (Phi) is 1.89. The number of hydrogen-bond donors (Lipinski definition) is 0. The maximum Gasteiger partial charge on any atom is 0.229 e. The third-order valence-electron chi connectivity index (χ3n) is 3.88. The van der Waals surface area contributed by atoms with Crippen molar-refractivity contribution in [1.29, 1.82) is 0 Å². The molecule has 0 unspecified atom stereocenters. The maximum absolute atomic E-state index is 5.22. The third kappa shape index (κ3) is 1.47. The Morgan fingerprint density at radius 3 is 2.80 bits per heavy atom. The molecule has 0 atom stereocenters. The first-order valence-corrected chi connectivity index (χ1v) is 5.66. The SMILES string of the molecule is Cc1noc(C2CC3(CCN(C)C3)C2)n1. The molecule has 0 radical (unpaired) electrons. The Labute approximate surface area is 89.6 Å². The molecule has 3 rings (SSSR count). The molecule has 2 aliphatic rings. The van der Waals surface area contributed by atoms with Crippen LogP contribution in [0.15, 0.2) is 4.52 Å². The summed E-state index contributed by atoms with van der Waals surface area (Å²) in [5, 5.41) is 3.85. The van der Waals surface area contributed by atoms with Gasteiger partial charge in [0.2, 0.25) is 5.89 Å². The minimum Gasteiger partial charge on any atom is -0.339 e. The summed E-state index contributed by atoms with van der Waals surface area (Å²) in [6, 6.07) is 0. The molecule has 1 saturated carbocycles. The van der Waals surface area contributed by atoms with Crippen molar-refractivity contribution in [1.82, 2.24) is 15.0 Å². The molecule has 1 aliphatic carbocycles. The van der Waals surface area contributed by atoms with Crippen LogP contribution in [0.25, 0.3) is 0 Å². The van der Waals surface area contributed by atoms with Gasteiger partial charge in [-0.3, -0.25) is 0 Å². The van der Waals surface area contributed by atoms with E-state index in [1.807, 2.05) is 6.92 Å². The fraction of sp³-hybridized carbons (Fsp3) is 0.818. The molecular weight excluding hydrogens is 190 g/mol. The zero-order valence-electron chi connectivity index (χ0n) is 9.36. The van der Waals surface area contributed by atoms with E-state index >= 15 is 0 Å². The van der Waals surface area contributed by atoms with Crippen LogP contribution in [0.4, 0.5) is 0 Å². The molecule has 2 heterocycles. The standard InChI is InChI=1S/C11H17N3O/c1-8-12-10(15-13-8)9-5-11(6-9)3-4-14(2)7-11/h9H,3-7H2,1-2H3. The van der Waals surface area contributed by atoms with E-state index in [-0.39, 0.29) is 0 Å². The molecule has 4 heteroatoms. The minimum atomic E-state index is 0.526. The highest BCUT2D eigenvalue weighted by atomic mass is 16.5. The van der Waals surface area contributed by atoms with Gasteiger partial charge in [-0.25, -0.2) is 0 Å². The molecular formula is C11H17N3O. The van der Waals surface area contributed by atoms with Gasteiger partial charge in [0, 0.05) is 12.5 Å². The predicted molar refractivity (Wildman–Crippen MR) is 55.6 cm³/mol. The lowest BCUT2D eigenvalue weighted by Crippen LogP contribution is -2.38. The molecule has 0 N–H and O–H groups in total. The zero-order valence-corrected chi connectivity index (χ0v) is 9.36. The van der Waals surface area contributed by atoms with Crippen molar-refractivity contribution in [3.05, 3.63) is 11.7 Å². The summed E-state index contributed by atoms with van der Waals surface area (Å²) >= 11 is 0. The number of aryl methyl sites for hydroxylation is 1. The van der Waals surface area contributed by atoms with Gasteiger partial charge in [0.25, 0.3) is 0 Å². The lowest BCUT2D eigenvalue weighted by atomic mass is 9.61. The van der Waals surface area contributed by atoms with Gasteiger partial charge in [-0.05, 0) is 45.2 Å². The predicted octanol–water partition coefficient (Wildman–Crippen LogP) is 1.58. The van der Waals surface area contributed by atoms with Gasteiger partial charge in [-0.15, -0.1) is 0 Å². The second-order valence-electron chi connectivity index (χ2n) is 5.27. The molecule has 1 aromatic rings. The average molecular weight is 207 g/mol. The van der Waals surface area contributed by atoms with Crippen LogP contribution in [0.1, 0.15) is 36.9 Å². The van der Waals surface area contributed by atoms with E-state index in [1.54, 1.807) is 0 Å². The van der Waals surface area contributed by atoms with E-state index in [2.05, 4.69) is 22.1 Å². The first kappa shape index (κ1) is 9.33. The zero-order chi connectivity index (χ0) is 10.5.